The second-order valence-corrected chi connectivity index (χ2v) is 4.84. The number of methoxy groups -OCH3 is 1. The Hall–Kier alpha value is -2.10. The highest BCUT2D eigenvalue weighted by atomic mass is 16.5. The number of allylic oxidation sites excluding steroid dienone is 1. The van der Waals surface area contributed by atoms with Gasteiger partial charge in [-0.25, -0.2) is 0 Å². The van der Waals surface area contributed by atoms with Crippen LogP contribution in [0.4, 0.5) is 5.69 Å². The third kappa shape index (κ3) is 2.67. The molecule has 0 amide bonds. The lowest BCUT2D eigenvalue weighted by molar-refractivity contribution is -0.145. The highest BCUT2D eigenvalue weighted by Crippen LogP contribution is 2.38. The zero-order valence-corrected chi connectivity index (χ0v) is 11.1. The Kier molecular flexibility index (Phi) is 3.69. The summed E-state index contributed by atoms with van der Waals surface area (Å²) >= 11 is 0. The molecule has 100 valence electrons. The molecule has 0 bridgehead atoms. The van der Waals surface area contributed by atoms with E-state index >= 15 is 0 Å². The maximum absolute atomic E-state index is 11.9. The smallest absolute Gasteiger partial charge is 0.313 e. The van der Waals surface area contributed by atoms with E-state index in [4.69, 9.17) is 10.5 Å². The summed E-state index contributed by atoms with van der Waals surface area (Å²) in [5.74, 6) is -0.892. The molecule has 0 fully saturated rings. The Morgan fingerprint density at radius 1 is 1.42 bits per heavy atom. The van der Waals surface area contributed by atoms with E-state index in [1.54, 1.807) is 13.0 Å². The van der Waals surface area contributed by atoms with Crippen molar-refractivity contribution in [3.8, 4) is 0 Å². The number of esters is 1. The number of carbonyl (C=O) groups is 2. The molecule has 4 nitrogen and oxygen atoms in total. The topological polar surface area (TPSA) is 69.4 Å². The summed E-state index contributed by atoms with van der Waals surface area (Å²) < 4.78 is 4.86. The monoisotopic (exact) mass is 259 g/mol. The van der Waals surface area contributed by atoms with Crippen molar-refractivity contribution in [2.45, 2.75) is 19.3 Å². The van der Waals surface area contributed by atoms with Gasteiger partial charge in [-0.1, -0.05) is 17.7 Å². The Bertz CT molecular complexity index is 548. The summed E-state index contributed by atoms with van der Waals surface area (Å²) in [6.45, 7) is 1.79. The van der Waals surface area contributed by atoms with Crippen molar-refractivity contribution in [3.05, 3.63) is 41.5 Å². The van der Waals surface area contributed by atoms with E-state index in [-0.39, 0.29) is 17.7 Å². The van der Waals surface area contributed by atoms with Crippen LogP contribution in [0.15, 0.2) is 35.9 Å². The molecular formula is C15H17NO3. The molecule has 19 heavy (non-hydrogen) atoms. The molecule has 0 saturated heterocycles. The molecule has 0 aromatic heterocycles. The van der Waals surface area contributed by atoms with Crippen molar-refractivity contribution in [2.75, 3.05) is 12.8 Å². The minimum absolute atomic E-state index is 0.0325. The molecule has 0 spiro atoms. The minimum atomic E-state index is -0.413. The van der Waals surface area contributed by atoms with Crippen LogP contribution in [-0.2, 0) is 14.3 Å². The van der Waals surface area contributed by atoms with Crippen LogP contribution in [-0.4, -0.2) is 18.9 Å². The summed E-state index contributed by atoms with van der Waals surface area (Å²) in [4.78, 5) is 23.7. The van der Waals surface area contributed by atoms with E-state index in [1.165, 1.54) is 13.2 Å². The number of carbonyl (C=O) groups excluding carboxylic acids is 2. The van der Waals surface area contributed by atoms with E-state index in [1.807, 2.05) is 18.2 Å². The van der Waals surface area contributed by atoms with E-state index in [2.05, 4.69) is 0 Å². The van der Waals surface area contributed by atoms with Crippen LogP contribution in [0.3, 0.4) is 0 Å². The number of nitrogen functional groups attached to an aromatic ring is 1. The predicted octanol–water partition coefficient (Wildman–Crippen LogP) is 2.06. The summed E-state index contributed by atoms with van der Waals surface area (Å²) in [6.07, 6.45) is 1.84. The molecule has 0 aliphatic heterocycles. The fourth-order valence-electron chi connectivity index (χ4n) is 2.63. The van der Waals surface area contributed by atoms with Gasteiger partial charge in [-0.15, -0.1) is 0 Å². The lowest BCUT2D eigenvalue weighted by Gasteiger charge is -2.29. The van der Waals surface area contributed by atoms with Gasteiger partial charge >= 0.3 is 5.97 Å². The number of anilines is 1. The highest BCUT2D eigenvalue weighted by Gasteiger charge is 2.36. The highest BCUT2D eigenvalue weighted by molar-refractivity contribution is 5.95. The molecule has 1 aromatic carbocycles. The maximum atomic E-state index is 11.9. The average molecular weight is 259 g/mol. The molecule has 2 rings (SSSR count). The van der Waals surface area contributed by atoms with Crippen LogP contribution >= 0.6 is 0 Å². The van der Waals surface area contributed by atoms with Gasteiger partial charge in [-0.3, -0.25) is 9.59 Å². The van der Waals surface area contributed by atoms with Crippen molar-refractivity contribution in [1.82, 2.24) is 0 Å². The van der Waals surface area contributed by atoms with Gasteiger partial charge in [0.25, 0.3) is 0 Å². The zero-order valence-electron chi connectivity index (χ0n) is 11.1. The van der Waals surface area contributed by atoms with Crippen molar-refractivity contribution in [3.63, 3.8) is 0 Å². The number of benzene rings is 1. The lowest BCUT2D eigenvalue weighted by Crippen LogP contribution is -2.30. The quantitative estimate of drug-likeness (QED) is 0.652. The van der Waals surface area contributed by atoms with Crippen molar-refractivity contribution < 1.29 is 14.3 Å². The average Bonchev–Trinajstić information content (AvgIpc) is 2.37. The number of ketones is 1. The molecule has 0 radical (unpaired) electrons. The fraction of sp³-hybridized carbons (Fsp3) is 0.333. The molecule has 2 N–H and O–H groups in total. The third-order valence-corrected chi connectivity index (χ3v) is 3.50. The summed E-state index contributed by atoms with van der Waals surface area (Å²) in [7, 11) is 1.36. The van der Waals surface area contributed by atoms with Crippen LogP contribution in [0.25, 0.3) is 0 Å². The van der Waals surface area contributed by atoms with Gasteiger partial charge in [0.15, 0.2) is 5.78 Å². The normalized spacial score (nSPS) is 22.8. The number of nitrogens with two attached hydrogens (primary N) is 1. The van der Waals surface area contributed by atoms with Crippen LogP contribution in [0.2, 0.25) is 0 Å². The van der Waals surface area contributed by atoms with E-state index in [9.17, 15) is 9.59 Å². The van der Waals surface area contributed by atoms with Gasteiger partial charge in [0.1, 0.15) is 0 Å². The van der Waals surface area contributed by atoms with Crippen LogP contribution in [0.1, 0.15) is 24.8 Å². The van der Waals surface area contributed by atoms with E-state index in [0.29, 0.717) is 12.1 Å². The van der Waals surface area contributed by atoms with Gasteiger partial charge in [0.05, 0.1) is 13.0 Å². The Labute approximate surface area is 112 Å². The van der Waals surface area contributed by atoms with Crippen LogP contribution in [0.5, 0.6) is 0 Å². The largest absolute Gasteiger partial charge is 0.469 e. The van der Waals surface area contributed by atoms with E-state index < -0.39 is 5.92 Å². The second-order valence-electron chi connectivity index (χ2n) is 4.84. The SMILES string of the molecule is COC(=O)C1C(C)=CC(=O)CC1c1cccc(N)c1. The van der Waals surface area contributed by atoms with Crippen molar-refractivity contribution in [2.24, 2.45) is 5.92 Å². The number of hydrogen-bond acceptors (Lipinski definition) is 4. The van der Waals surface area contributed by atoms with Gasteiger partial charge in [0, 0.05) is 18.0 Å². The number of rotatable bonds is 2. The molecule has 0 saturated carbocycles. The molecule has 1 aliphatic rings. The second kappa shape index (κ2) is 5.26. The summed E-state index contributed by atoms with van der Waals surface area (Å²) in [6, 6.07) is 7.32. The first-order valence-corrected chi connectivity index (χ1v) is 6.17. The summed E-state index contributed by atoms with van der Waals surface area (Å²) in [5.41, 5.74) is 8.04. The summed E-state index contributed by atoms with van der Waals surface area (Å²) in [5, 5.41) is 0. The molecule has 2 unspecified atom stereocenters. The first kappa shape index (κ1) is 13.3. The van der Waals surface area contributed by atoms with Crippen LogP contribution < -0.4 is 5.73 Å². The fourth-order valence-corrected chi connectivity index (χ4v) is 2.63. The third-order valence-electron chi connectivity index (χ3n) is 3.50. The minimum Gasteiger partial charge on any atom is -0.469 e. The van der Waals surface area contributed by atoms with Gasteiger partial charge in [-0.05, 0) is 30.7 Å². The molecular weight excluding hydrogens is 242 g/mol. The zero-order chi connectivity index (χ0) is 14.0. The molecule has 4 heteroatoms. The molecule has 0 heterocycles. The lowest BCUT2D eigenvalue weighted by atomic mass is 9.75. The maximum Gasteiger partial charge on any atom is 0.313 e. The molecule has 1 aromatic rings. The first-order valence-electron chi connectivity index (χ1n) is 6.17. The Morgan fingerprint density at radius 3 is 2.79 bits per heavy atom. The van der Waals surface area contributed by atoms with Gasteiger partial charge in [-0.2, -0.15) is 0 Å². The standard InChI is InChI=1S/C15H17NO3/c1-9-6-12(17)8-13(14(9)15(18)19-2)10-4-3-5-11(16)7-10/h3-7,13-14H,8,16H2,1-2H3. The Balaban J connectivity index is 2.44. The predicted molar refractivity (Wildman–Crippen MR) is 72.5 cm³/mol. The molecule has 1 aliphatic carbocycles. The Morgan fingerprint density at radius 2 is 2.16 bits per heavy atom. The van der Waals surface area contributed by atoms with Crippen LogP contribution in [0, 0.1) is 5.92 Å². The van der Waals surface area contributed by atoms with Crippen molar-refractivity contribution >= 4 is 17.4 Å². The van der Waals surface area contributed by atoms with Crippen molar-refractivity contribution in [1.29, 1.82) is 0 Å². The van der Waals surface area contributed by atoms with Gasteiger partial charge in [0.2, 0.25) is 0 Å². The number of ether oxygens (including phenoxy) is 1. The van der Waals surface area contributed by atoms with E-state index in [0.717, 1.165) is 11.1 Å². The van der Waals surface area contributed by atoms with Gasteiger partial charge < -0.3 is 10.5 Å². The first-order chi connectivity index (χ1) is 9.02. The molecule has 2 atom stereocenters. The number of hydrogen-bond donors (Lipinski definition) is 1.